The zero-order chi connectivity index (χ0) is 16.1. The van der Waals surface area contributed by atoms with Crippen molar-refractivity contribution in [2.24, 2.45) is 0 Å². The van der Waals surface area contributed by atoms with Crippen LogP contribution < -0.4 is 14.7 Å². The van der Waals surface area contributed by atoms with E-state index in [0.29, 0.717) is 5.75 Å². The minimum atomic E-state index is -4.65. The van der Waals surface area contributed by atoms with Gasteiger partial charge in [0, 0.05) is 42.4 Å². The molecule has 0 aliphatic rings. The smallest absolute Gasteiger partial charge is 0.291 e. The van der Waals surface area contributed by atoms with Crippen LogP contribution in [-0.4, -0.2) is 30.3 Å². The van der Waals surface area contributed by atoms with Crippen LogP contribution >= 0.6 is 26.0 Å². The molecule has 0 rings (SSSR count). The molecule has 0 amide bonds. The Morgan fingerprint density at radius 2 is 1.48 bits per heavy atom. The molecule has 0 aliphatic heterocycles. The van der Waals surface area contributed by atoms with E-state index in [1.165, 1.54) is 7.11 Å². The Balaban J connectivity index is -0.0000000627. The third kappa shape index (κ3) is 53.0. The second-order valence-electron chi connectivity index (χ2n) is 2.33. The van der Waals surface area contributed by atoms with Gasteiger partial charge in [-0.2, -0.15) is 0 Å². The average Bonchev–Trinajstić information content (AvgIpc) is 2.26. The number of hydrogen-bond donors (Lipinski definition) is 1. The molecule has 0 fully saturated rings. The number of rotatable bonds is 5. The first-order valence-corrected chi connectivity index (χ1v) is 8.93. The van der Waals surface area contributed by atoms with E-state index in [1.54, 1.807) is 0 Å². The molecule has 21 heavy (non-hydrogen) atoms. The van der Waals surface area contributed by atoms with Gasteiger partial charge in [-0.25, -0.2) is 0 Å². The largest absolute Gasteiger partial charge is 0.790 e. The minimum absolute atomic E-state index is 0. The second kappa shape index (κ2) is 18.6. The molecule has 0 saturated carbocycles. The Bertz CT molecular complexity index is 323. The summed E-state index contributed by atoms with van der Waals surface area (Å²) in [7, 11) is -2.65. The number of nitrogens with zero attached hydrogens (tertiary/aromatic N) is 1. The maximum absolute atomic E-state index is 10.5. The molecule has 0 aromatic heterocycles. The van der Waals surface area contributed by atoms with Gasteiger partial charge in [0.25, 0.3) is 5.09 Å². The van der Waals surface area contributed by atoms with Crippen LogP contribution in [0.4, 0.5) is 0 Å². The Morgan fingerprint density at radius 1 is 1.19 bits per heavy atom. The van der Waals surface area contributed by atoms with Gasteiger partial charge in [0.05, 0.1) is 7.82 Å². The fourth-order valence-electron chi connectivity index (χ4n) is 0.256. The van der Waals surface area contributed by atoms with E-state index < -0.39 is 19.7 Å². The maximum Gasteiger partial charge on any atom is 0.291 e. The molecule has 137 valence electrons. The van der Waals surface area contributed by atoms with E-state index >= 15 is 0 Å². The summed E-state index contributed by atoms with van der Waals surface area (Å²) < 4.78 is 27.4. The van der Waals surface area contributed by atoms with Gasteiger partial charge < -0.3 is 33.5 Å². The van der Waals surface area contributed by atoms with E-state index in [-0.39, 0.29) is 29.8 Å². The van der Waals surface area contributed by atoms with Crippen molar-refractivity contribution in [3.8, 4) is 0 Å². The zero-order valence-electron chi connectivity index (χ0n) is 10.6. The molecule has 15 heteroatoms. The van der Waals surface area contributed by atoms with Crippen molar-refractivity contribution in [3.05, 3.63) is 10.1 Å². The fraction of sp³-hybridized carbons (Fsp3) is 1.00. The summed E-state index contributed by atoms with van der Waals surface area (Å²) >= 11 is 0.856. The molecule has 11 nitrogen and oxygen atoms in total. The second-order valence-corrected chi connectivity index (χ2v) is 7.63. The summed E-state index contributed by atoms with van der Waals surface area (Å²) in [6.45, 7) is -1.60. The molecule has 0 aliphatic carbocycles. The molecule has 1 atom stereocenters. The number of phosphoric acid groups is 1. The van der Waals surface area contributed by atoms with Crippen molar-refractivity contribution in [3.63, 3.8) is 0 Å². The van der Waals surface area contributed by atoms with Gasteiger partial charge in [-0.15, -0.1) is 10.1 Å². The van der Waals surface area contributed by atoms with Gasteiger partial charge in [-0.1, -0.05) is 25.7 Å². The first kappa shape index (κ1) is 33.2. The van der Waals surface area contributed by atoms with Crippen molar-refractivity contribution in [2.45, 2.75) is 20.8 Å². The normalized spacial score (nSPS) is 11.9. The maximum atomic E-state index is 10.5. The van der Waals surface area contributed by atoms with Crippen LogP contribution in [0.3, 0.4) is 0 Å². The van der Waals surface area contributed by atoms with E-state index in [1.807, 2.05) is 6.92 Å². The first-order valence-electron chi connectivity index (χ1n) is 4.34. The SMILES string of the molecule is C.CCCSP(=O)([O-])OC.COP(=O)([O-])[O-].O=[N+]([O-])O.[Ag]. The third-order valence-corrected chi connectivity index (χ3v) is 4.65. The van der Waals surface area contributed by atoms with Crippen molar-refractivity contribution in [2.75, 3.05) is 20.0 Å². The van der Waals surface area contributed by atoms with Crippen LogP contribution in [0, 0.1) is 10.1 Å². The topological polar surface area (TPSA) is 185 Å². The van der Waals surface area contributed by atoms with Crippen LogP contribution in [-0.2, 0) is 40.6 Å². The van der Waals surface area contributed by atoms with Gasteiger partial charge in [-0.3, -0.25) is 4.57 Å². The van der Waals surface area contributed by atoms with Crippen molar-refractivity contribution in [1.29, 1.82) is 0 Å². The molecule has 0 saturated heterocycles. The van der Waals surface area contributed by atoms with Crippen molar-refractivity contribution in [1.82, 2.24) is 0 Å². The van der Waals surface area contributed by atoms with E-state index in [9.17, 15) is 23.8 Å². The van der Waals surface area contributed by atoms with Crippen LogP contribution in [0.5, 0.6) is 0 Å². The van der Waals surface area contributed by atoms with Crippen LogP contribution in [0.15, 0.2) is 0 Å². The van der Waals surface area contributed by atoms with Gasteiger partial charge in [0.2, 0.25) is 0 Å². The fourth-order valence-corrected chi connectivity index (χ4v) is 2.30. The Labute approximate surface area is 142 Å². The predicted octanol–water partition coefficient (Wildman–Crippen LogP) is -0.00820. The van der Waals surface area contributed by atoms with Crippen LogP contribution in [0.1, 0.15) is 20.8 Å². The van der Waals surface area contributed by atoms with Gasteiger partial charge >= 0.3 is 0 Å². The van der Waals surface area contributed by atoms with Gasteiger partial charge in [0.1, 0.15) is 0 Å². The summed E-state index contributed by atoms with van der Waals surface area (Å²) in [5, 5.41) is 13.6. The molecule has 1 N–H and O–H groups in total. The summed E-state index contributed by atoms with van der Waals surface area (Å²) in [6.07, 6.45) is 0.847. The standard InChI is InChI=1S/C4H11O3PS.CH5O4P.CH4.Ag.HNO3/c1-3-4-9-8(5,6)7-2;1-5-6(2,3)4;;;2-1(3)4/h3-4H2,1-2H3,(H,5,6);1H3,(H2,2,3,4);1H4;;(H,2,3,4)/p-3. The number of phosphoric ester groups is 1. The average molecular weight is 466 g/mol. The molecule has 1 radical (unpaired) electrons. The van der Waals surface area contributed by atoms with E-state index in [4.69, 9.17) is 15.3 Å². The van der Waals surface area contributed by atoms with E-state index in [0.717, 1.165) is 24.9 Å². The quantitative estimate of drug-likeness (QED) is 0.249. The molecular weight excluding hydrogens is 448 g/mol. The monoisotopic (exact) mass is 465 g/mol. The molecule has 0 heterocycles. The number of hydrogen-bond acceptors (Lipinski definition) is 10. The summed E-state index contributed by atoms with van der Waals surface area (Å²) in [5.74, 6) is 0.606. The van der Waals surface area contributed by atoms with Crippen LogP contribution in [0.2, 0.25) is 0 Å². The van der Waals surface area contributed by atoms with E-state index in [2.05, 4.69) is 9.05 Å². The van der Waals surface area contributed by atoms with Gasteiger partial charge in [0.15, 0.2) is 6.80 Å². The Hall–Kier alpha value is 0.550. The Kier molecular flexibility index (Phi) is 29.4. The van der Waals surface area contributed by atoms with Crippen LogP contribution in [0.25, 0.3) is 0 Å². The Morgan fingerprint density at radius 3 is 1.62 bits per heavy atom. The molecule has 0 aromatic rings. The molecular formula is C6H18AgNO10P2S-3. The molecule has 0 bridgehead atoms. The predicted molar refractivity (Wildman–Crippen MR) is 67.5 cm³/mol. The molecule has 0 aromatic carbocycles. The summed E-state index contributed by atoms with van der Waals surface area (Å²) in [4.78, 5) is 37.4. The summed E-state index contributed by atoms with van der Waals surface area (Å²) in [5.41, 5.74) is 0. The molecule has 0 spiro atoms. The summed E-state index contributed by atoms with van der Waals surface area (Å²) in [6, 6.07) is 0. The zero-order valence-corrected chi connectivity index (χ0v) is 14.7. The van der Waals surface area contributed by atoms with Gasteiger partial charge in [-0.05, 0) is 6.42 Å². The van der Waals surface area contributed by atoms with Crippen molar-refractivity contribution >= 4 is 26.0 Å². The minimum Gasteiger partial charge on any atom is -0.790 e. The van der Waals surface area contributed by atoms with Crippen molar-refractivity contribution < 1.29 is 65.5 Å². The molecule has 1 unspecified atom stereocenters. The third-order valence-electron chi connectivity index (χ3n) is 0.901. The first-order chi connectivity index (χ1) is 8.41.